The zero-order valence-electron chi connectivity index (χ0n) is 17.0. The Hall–Kier alpha value is -2.83. The highest BCUT2D eigenvalue weighted by molar-refractivity contribution is 5.80. The largest absolute Gasteiger partial charge is 0.497 e. The van der Waals surface area contributed by atoms with Gasteiger partial charge in [-0.3, -0.25) is 9.59 Å². The first-order valence-electron chi connectivity index (χ1n) is 10.1. The zero-order valence-corrected chi connectivity index (χ0v) is 17.0. The molecule has 0 radical (unpaired) electrons. The molecule has 0 saturated carbocycles. The molecule has 29 heavy (non-hydrogen) atoms. The van der Waals surface area contributed by atoms with Crippen LogP contribution >= 0.6 is 0 Å². The number of aromatic nitrogens is 1. The first-order valence-corrected chi connectivity index (χ1v) is 10.1. The first-order chi connectivity index (χ1) is 14.0. The van der Waals surface area contributed by atoms with Gasteiger partial charge in [0.15, 0.2) is 0 Å². The molecule has 0 aliphatic carbocycles. The van der Waals surface area contributed by atoms with E-state index >= 15 is 0 Å². The van der Waals surface area contributed by atoms with Crippen molar-refractivity contribution in [3.8, 4) is 5.75 Å². The number of methoxy groups -OCH3 is 1. The van der Waals surface area contributed by atoms with Gasteiger partial charge in [0, 0.05) is 44.1 Å². The lowest BCUT2D eigenvalue weighted by Crippen LogP contribution is -2.44. The van der Waals surface area contributed by atoms with Gasteiger partial charge in [0.2, 0.25) is 11.8 Å². The van der Waals surface area contributed by atoms with Crippen LogP contribution in [0.1, 0.15) is 36.3 Å². The van der Waals surface area contributed by atoms with Crippen LogP contribution in [0.4, 0.5) is 0 Å². The SMILES string of the molecule is COc1cccc(CN2CC3(CCN(C(=O)Cc4cc(C)no4)CC3)CC2=O)c1. The lowest BCUT2D eigenvalue weighted by Gasteiger charge is -2.38. The second-order valence-corrected chi connectivity index (χ2v) is 8.27. The molecule has 0 bridgehead atoms. The molecule has 1 aromatic heterocycles. The fourth-order valence-electron chi connectivity index (χ4n) is 4.44. The number of carbonyl (C=O) groups excluding carboxylic acids is 2. The summed E-state index contributed by atoms with van der Waals surface area (Å²) in [5.41, 5.74) is 1.84. The maximum atomic E-state index is 12.7. The molecule has 2 fully saturated rings. The van der Waals surface area contributed by atoms with Crippen LogP contribution in [-0.2, 0) is 22.6 Å². The molecule has 0 atom stereocenters. The summed E-state index contributed by atoms with van der Waals surface area (Å²) in [5, 5.41) is 3.84. The number of benzene rings is 1. The summed E-state index contributed by atoms with van der Waals surface area (Å²) in [6.07, 6.45) is 2.53. The van der Waals surface area contributed by atoms with Crippen molar-refractivity contribution in [2.24, 2.45) is 5.41 Å². The number of amides is 2. The van der Waals surface area contributed by atoms with E-state index < -0.39 is 0 Å². The number of piperidine rings is 1. The molecule has 2 amide bonds. The summed E-state index contributed by atoms with van der Waals surface area (Å²) in [5.74, 6) is 1.67. The van der Waals surface area contributed by atoms with Gasteiger partial charge in [0.25, 0.3) is 0 Å². The summed E-state index contributed by atoms with van der Waals surface area (Å²) in [4.78, 5) is 29.1. The van der Waals surface area contributed by atoms with Gasteiger partial charge in [-0.25, -0.2) is 0 Å². The van der Waals surface area contributed by atoms with Gasteiger partial charge in [-0.15, -0.1) is 0 Å². The second kappa shape index (κ2) is 7.89. The quantitative estimate of drug-likeness (QED) is 0.775. The van der Waals surface area contributed by atoms with Gasteiger partial charge in [0.05, 0.1) is 19.2 Å². The monoisotopic (exact) mass is 397 g/mol. The highest BCUT2D eigenvalue weighted by Gasteiger charge is 2.45. The molecule has 2 aliphatic rings. The van der Waals surface area contributed by atoms with Gasteiger partial charge >= 0.3 is 0 Å². The Labute approximate surface area is 170 Å². The van der Waals surface area contributed by atoms with Crippen molar-refractivity contribution in [2.45, 2.75) is 39.2 Å². The van der Waals surface area contributed by atoms with Crippen LogP contribution in [-0.4, -0.2) is 53.5 Å². The highest BCUT2D eigenvalue weighted by Crippen LogP contribution is 2.41. The van der Waals surface area contributed by atoms with Crippen molar-refractivity contribution in [3.63, 3.8) is 0 Å². The number of aryl methyl sites for hydroxylation is 1. The molecule has 2 aliphatic heterocycles. The minimum absolute atomic E-state index is 0.0183. The van der Waals surface area contributed by atoms with Gasteiger partial charge < -0.3 is 19.1 Å². The molecule has 2 saturated heterocycles. The summed E-state index contributed by atoms with van der Waals surface area (Å²) in [7, 11) is 1.65. The average Bonchev–Trinajstić information content (AvgIpc) is 3.25. The van der Waals surface area contributed by atoms with Crippen molar-refractivity contribution in [1.29, 1.82) is 0 Å². The molecule has 1 spiro atoms. The van der Waals surface area contributed by atoms with E-state index in [1.54, 1.807) is 13.2 Å². The molecule has 154 valence electrons. The van der Waals surface area contributed by atoms with Crippen LogP contribution in [0.5, 0.6) is 5.75 Å². The lowest BCUT2D eigenvalue weighted by molar-refractivity contribution is -0.133. The van der Waals surface area contributed by atoms with Gasteiger partial charge in [-0.2, -0.15) is 0 Å². The fraction of sp³-hybridized carbons (Fsp3) is 0.500. The zero-order chi connectivity index (χ0) is 20.4. The molecular weight excluding hydrogens is 370 g/mol. The molecule has 1 aromatic carbocycles. The second-order valence-electron chi connectivity index (χ2n) is 8.27. The van der Waals surface area contributed by atoms with Gasteiger partial charge in [-0.05, 0) is 37.5 Å². The van der Waals surface area contributed by atoms with Crippen LogP contribution in [0, 0.1) is 12.3 Å². The average molecular weight is 397 g/mol. The normalized spacial score (nSPS) is 18.5. The first kappa shape index (κ1) is 19.5. The predicted octanol–water partition coefficient (Wildman–Crippen LogP) is 2.58. The Morgan fingerprint density at radius 3 is 2.76 bits per heavy atom. The van der Waals surface area contributed by atoms with E-state index in [-0.39, 0.29) is 23.7 Å². The van der Waals surface area contributed by atoms with Crippen molar-refractivity contribution >= 4 is 11.8 Å². The van der Waals surface area contributed by atoms with Gasteiger partial charge in [0.1, 0.15) is 11.5 Å². The molecular formula is C22H27N3O4. The Balaban J connectivity index is 1.33. The third kappa shape index (κ3) is 4.28. The molecule has 4 rings (SSSR count). The molecule has 0 N–H and O–H groups in total. The Morgan fingerprint density at radius 1 is 1.28 bits per heavy atom. The lowest BCUT2D eigenvalue weighted by atomic mass is 9.77. The fourth-order valence-corrected chi connectivity index (χ4v) is 4.44. The van der Waals surface area contributed by atoms with Crippen LogP contribution in [0.3, 0.4) is 0 Å². The predicted molar refractivity (Wildman–Crippen MR) is 106 cm³/mol. The number of carbonyl (C=O) groups is 2. The Kier molecular flexibility index (Phi) is 5.30. The summed E-state index contributed by atoms with van der Waals surface area (Å²) < 4.78 is 10.4. The summed E-state index contributed by atoms with van der Waals surface area (Å²) in [6.45, 7) is 4.58. The van der Waals surface area contributed by atoms with E-state index in [2.05, 4.69) is 5.16 Å². The third-order valence-corrected chi connectivity index (χ3v) is 6.09. The Bertz CT molecular complexity index is 899. The van der Waals surface area contributed by atoms with Crippen molar-refractivity contribution < 1.29 is 18.8 Å². The topological polar surface area (TPSA) is 75.9 Å². The van der Waals surface area contributed by atoms with Crippen molar-refractivity contribution in [3.05, 3.63) is 47.3 Å². The van der Waals surface area contributed by atoms with E-state index in [0.717, 1.165) is 36.4 Å². The minimum Gasteiger partial charge on any atom is -0.497 e. The number of ether oxygens (including phenoxy) is 1. The molecule has 2 aromatic rings. The van der Waals surface area contributed by atoms with Crippen molar-refractivity contribution in [1.82, 2.24) is 15.0 Å². The maximum Gasteiger partial charge on any atom is 0.230 e. The third-order valence-electron chi connectivity index (χ3n) is 6.09. The summed E-state index contributed by atoms with van der Waals surface area (Å²) in [6, 6.07) is 9.65. The van der Waals surface area contributed by atoms with Crippen LogP contribution < -0.4 is 4.74 Å². The number of likely N-dealkylation sites (tertiary alicyclic amines) is 2. The van der Waals surface area contributed by atoms with E-state index in [1.807, 2.05) is 41.0 Å². The van der Waals surface area contributed by atoms with Crippen LogP contribution in [0.25, 0.3) is 0 Å². The number of rotatable bonds is 5. The Morgan fingerprint density at radius 2 is 2.07 bits per heavy atom. The van der Waals surface area contributed by atoms with Gasteiger partial charge in [-0.1, -0.05) is 17.3 Å². The van der Waals surface area contributed by atoms with E-state index in [1.165, 1.54) is 0 Å². The molecule has 0 unspecified atom stereocenters. The minimum atomic E-state index is -0.0183. The van der Waals surface area contributed by atoms with E-state index in [0.29, 0.717) is 31.8 Å². The molecule has 3 heterocycles. The number of hydrogen-bond donors (Lipinski definition) is 0. The smallest absolute Gasteiger partial charge is 0.230 e. The number of hydrogen-bond acceptors (Lipinski definition) is 5. The molecule has 7 nitrogen and oxygen atoms in total. The van der Waals surface area contributed by atoms with E-state index in [4.69, 9.17) is 9.26 Å². The highest BCUT2D eigenvalue weighted by atomic mass is 16.5. The van der Waals surface area contributed by atoms with Crippen LogP contribution in [0.15, 0.2) is 34.9 Å². The number of nitrogens with zero attached hydrogens (tertiary/aromatic N) is 3. The maximum absolute atomic E-state index is 12.7. The van der Waals surface area contributed by atoms with Crippen molar-refractivity contribution in [2.75, 3.05) is 26.7 Å². The standard InChI is InChI=1S/C22H27N3O4/c1-16-10-19(29-23-16)12-20(26)24-8-6-22(7-9-24)13-21(27)25(15-22)14-17-4-3-5-18(11-17)28-2/h3-5,10-11H,6-9,12-15H2,1-2H3. The molecule has 7 heteroatoms. The van der Waals surface area contributed by atoms with E-state index in [9.17, 15) is 9.59 Å². The van der Waals surface area contributed by atoms with Crippen LogP contribution in [0.2, 0.25) is 0 Å². The summed E-state index contributed by atoms with van der Waals surface area (Å²) >= 11 is 0.